The summed E-state index contributed by atoms with van der Waals surface area (Å²) in [7, 11) is 0. The molecule has 1 amide bonds. The van der Waals surface area contributed by atoms with E-state index in [1.54, 1.807) is 0 Å². The molecule has 3 nitrogen and oxygen atoms in total. The van der Waals surface area contributed by atoms with Crippen molar-refractivity contribution in [2.45, 2.75) is 19.8 Å². The van der Waals surface area contributed by atoms with Gasteiger partial charge in [0.15, 0.2) is 5.13 Å². The minimum absolute atomic E-state index is 0.0575. The van der Waals surface area contributed by atoms with E-state index in [2.05, 4.69) is 48.4 Å². The SMILES string of the molecule is CC(C)c1ccc(-c2csc(NC(=O)CCl)n2)cc1. The Morgan fingerprint density at radius 2 is 2.05 bits per heavy atom. The summed E-state index contributed by atoms with van der Waals surface area (Å²) in [4.78, 5) is 15.5. The zero-order chi connectivity index (χ0) is 13.8. The molecule has 0 bridgehead atoms. The maximum Gasteiger partial charge on any atom is 0.241 e. The van der Waals surface area contributed by atoms with Crippen molar-refractivity contribution in [3.8, 4) is 11.3 Å². The molecule has 0 aliphatic heterocycles. The molecule has 0 aliphatic carbocycles. The van der Waals surface area contributed by atoms with Crippen LogP contribution < -0.4 is 5.32 Å². The quantitative estimate of drug-likeness (QED) is 0.862. The molecule has 0 saturated carbocycles. The Kier molecular flexibility index (Phi) is 4.56. The number of nitrogens with zero attached hydrogens (tertiary/aromatic N) is 1. The van der Waals surface area contributed by atoms with Crippen molar-refractivity contribution in [2.75, 3.05) is 11.2 Å². The monoisotopic (exact) mass is 294 g/mol. The molecule has 100 valence electrons. The molecule has 0 unspecified atom stereocenters. The molecule has 5 heteroatoms. The molecule has 19 heavy (non-hydrogen) atoms. The Bertz CT molecular complexity index is 563. The fraction of sp³-hybridized carbons (Fsp3) is 0.286. The summed E-state index contributed by atoms with van der Waals surface area (Å²) in [5.74, 6) is 0.221. The largest absolute Gasteiger partial charge is 0.301 e. The second-order valence-corrected chi connectivity index (χ2v) is 5.62. The van der Waals surface area contributed by atoms with Crippen molar-refractivity contribution in [1.82, 2.24) is 4.98 Å². The van der Waals surface area contributed by atoms with E-state index < -0.39 is 0 Å². The van der Waals surface area contributed by atoms with E-state index in [0.29, 0.717) is 11.0 Å². The number of rotatable bonds is 4. The lowest BCUT2D eigenvalue weighted by molar-refractivity contribution is -0.113. The fourth-order valence-corrected chi connectivity index (χ4v) is 2.46. The second-order valence-electron chi connectivity index (χ2n) is 4.50. The first-order valence-corrected chi connectivity index (χ1v) is 7.43. The summed E-state index contributed by atoms with van der Waals surface area (Å²) in [6, 6.07) is 8.32. The molecule has 0 radical (unpaired) electrons. The highest BCUT2D eigenvalue weighted by Crippen LogP contribution is 2.26. The van der Waals surface area contributed by atoms with E-state index in [1.165, 1.54) is 16.9 Å². The van der Waals surface area contributed by atoms with Gasteiger partial charge in [-0.05, 0) is 11.5 Å². The second kappa shape index (κ2) is 6.17. The lowest BCUT2D eigenvalue weighted by Crippen LogP contribution is -2.12. The number of hydrogen-bond donors (Lipinski definition) is 1. The van der Waals surface area contributed by atoms with Crippen LogP contribution >= 0.6 is 22.9 Å². The van der Waals surface area contributed by atoms with Crippen molar-refractivity contribution in [3.63, 3.8) is 0 Å². The van der Waals surface area contributed by atoms with Gasteiger partial charge in [-0.1, -0.05) is 38.1 Å². The number of thiazole rings is 1. The molecular formula is C14H15ClN2OS. The molecule has 1 heterocycles. The van der Waals surface area contributed by atoms with Crippen LogP contribution in [-0.2, 0) is 4.79 Å². The molecule has 1 aromatic heterocycles. The molecule has 0 spiro atoms. The number of carbonyl (C=O) groups excluding carboxylic acids is 1. The van der Waals surface area contributed by atoms with Gasteiger partial charge in [-0.25, -0.2) is 4.98 Å². The minimum Gasteiger partial charge on any atom is -0.301 e. The zero-order valence-electron chi connectivity index (χ0n) is 10.8. The van der Waals surface area contributed by atoms with Gasteiger partial charge in [0.05, 0.1) is 5.69 Å². The average molecular weight is 295 g/mol. The predicted molar refractivity (Wildman–Crippen MR) is 81.0 cm³/mol. The number of benzene rings is 1. The van der Waals surface area contributed by atoms with E-state index in [0.717, 1.165) is 11.3 Å². The van der Waals surface area contributed by atoms with Gasteiger partial charge in [0.2, 0.25) is 5.91 Å². The van der Waals surface area contributed by atoms with E-state index in [-0.39, 0.29) is 11.8 Å². The van der Waals surface area contributed by atoms with Gasteiger partial charge in [-0.2, -0.15) is 0 Å². The number of carbonyl (C=O) groups is 1. The van der Waals surface area contributed by atoms with E-state index in [9.17, 15) is 4.79 Å². The smallest absolute Gasteiger partial charge is 0.241 e. The van der Waals surface area contributed by atoms with Gasteiger partial charge >= 0.3 is 0 Å². The first-order valence-electron chi connectivity index (χ1n) is 6.02. The van der Waals surface area contributed by atoms with E-state index in [1.807, 2.05) is 5.38 Å². The van der Waals surface area contributed by atoms with Crippen LogP contribution in [0, 0.1) is 0 Å². The number of anilines is 1. The molecule has 0 saturated heterocycles. The Morgan fingerprint density at radius 1 is 1.37 bits per heavy atom. The Hall–Kier alpha value is -1.39. The Balaban J connectivity index is 2.16. The van der Waals surface area contributed by atoms with Crippen molar-refractivity contribution >= 4 is 34.0 Å². The number of halogens is 1. The van der Waals surface area contributed by atoms with Crippen molar-refractivity contribution < 1.29 is 4.79 Å². The summed E-state index contributed by atoms with van der Waals surface area (Å²) in [6.07, 6.45) is 0. The number of aromatic nitrogens is 1. The number of hydrogen-bond acceptors (Lipinski definition) is 3. The molecular weight excluding hydrogens is 280 g/mol. The third-order valence-electron chi connectivity index (χ3n) is 2.75. The van der Waals surface area contributed by atoms with Gasteiger partial charge in [0.25, 0.3) is 0 Å². The van der Waals surface area contributed by atoms with Gasteiger partial charge in [0, 0.05) is 10.9 Å². The standard InChI is InChI=1S/C14H15ClN2OS/c1-9(2)10-3-5-11(6-4-10)12-8-19-14(16-12)17-13(18)7-15/h3-6,8-9H,7H2,1-2H3,(H,16,17,18). The maximum atomic E-state index is 11.2. The van der Waals surface area contributed by atoms with Crippen LogP contribution in [0.5, 0.6) is 0 Å². The topological polar surface area (TPSA) is 42.0 Å². The van der Waals surface area contributed by atoms with Crippen LogP contribution in [0.1, 0.15) is 25.3 Å². The lowest BCUT2D eigenvalue weighted by atomic mass is 10.0. The van der Waals surface area contributed by atoms with Crippen molar-refractivity contribution in [3.05, 3.63) is 35.2 Å². The highest BCUT2D eigenvalue weighted by atomic mass is 35.5. The van der Waals surface area contributed by atoms with Crippen LogP contribution in [0.15, 0.2) is 29.6 Å². The maximum absolute atomic E-state index is 11.2. The van der Waals surface area contributed by atoms with Gasteiger partial charge in [-0.15, -0.1) is 22.9 Å². The van der Waals surface area contributed by atoms with Crippen LogP contribution in [0.4, 0.5) is 5.13 Å². The third kappa shape index (κ3) is 3.55. The summed E-state index contributed by atoms with van der Waals surface area (Å²) >= 11 is 6.83. The Labute approximate surface area is 121 Å². The molecule has 0 atom stereocenters. The zero-order valence-corrected chi connectivity index (χ0v) is 12.4. The van der Waals surface area contributed by atoms with Crippen LogP contribution in [0.2, 0.25) is 0 Å². The van der Waals surface area contributed by atoms with Gasteiger partial charge in [0.1, 0.15) is 5.88 Å². The van der Waals surface area contributed by atoms with E-state index >= 15 is 0 Å². The number of alkyl halides is 1. The number of nitrogens with one attached hydrogen (secondary N) is 1. The molecule has 2 rings (SSSR count). The first-order chi connectivity index (χ1) is 9.10. The van der Waals surface area contributed by atoms with Crippen molar-refractivity contribution in [2.24, 2.45) is 0 Å². The summed E-state index contributed by atoms with van der Waals surface area (Å²) < 4.78 is 0. The third-order valence-corrected chi connectivity index (χ3v) is 3.75. The highest BCUT2D eigenvalue weighted by molar-refractivity contribution is 7.14. The number of amides is 1. The summed E-state index contributed by atoms with van der Waals surface area (Å²) in [5, 5.41) is 5.15. The fourth-order valence-electron chi connectivity index (χ4n) is 1.66. The van der Waals surface area contributed by atoms with Gasteiger partial charge < -0.3 is 5.32 Å². The van der Waals surface area contributed by atoms with Crippen LogP contribution in [0.3, 0.4) is 0 Å². The summed E-state index contributed by atoms with van der Waals surface area (Å²) in [6.45, 7) is 4.33. The Morgan fingerprint density at radius 3 is 2.63 bits per heavy atom. The van der Waals surface area contributed by atoms with Crippen LogP contribution in [-0.4, -0.2) is 16.8 Å². The van der Waals surface area contributed by atoms with Crippen molar-refractivity contribution in [1.29, 1.82) is 0 Å². The van der Waals surface area contributed by atoms with Crippen LogP contribution in [0.25, 0.3) is 11.3 Å². The van der Waals surface area contributed by atoms with Gasteiger partial charge in [-0.3, -0.25) is 4.79 Å². The molecule has 1 aromatic carbocycles. The first kappa shape index (κ1) is 14.0. The molecule has 0 fully saturated rings. The molecule has 2 aromatic rings. The highest BCUT2D eigenvalue weighted by Gasteiger charge is 2.07. The molecule has 0 aliphatic rings. The normalized spacial score (nSPS) is 10.7. The predicted octanol–water partition coefficient (Wildman–Crippen LogP) is 4.11. The lowest BCUT2D eigenvalue weighted by Gasteiger charge is -2.05. The van der Waals surface area contributed by atoms with E-state index in [4.69, 9.17) is 11.6 Å². The summed E-state index contributed by atoms with van der Waals surface area (Å²) in [5.41, 5.74) is 3.21. The minimum atomic E-state index is -0.238. The average Bonchev–Trinajstić information content (AvgIpc) is 2.87. The molecule has 1 N–H and O–H groups in total.